The lowest BCUT2D eigenvalue weighted by molar-refractivity contribution is -0.138. The zero-order valence-corrected chi connectivity index (χ0v) is 15.6. The van der Waals surface area contributed by atoms with Crippen molar-refractivity contribution in [1.82, 2.24) is 0 Å². The van der Waals surface area contributed by atoms with Crippen molar-refractivity contribution in [2.24, 2.45) is 5.10 Å². The van der Waals surface area contributed by atoms with Crippen LogP contribution in [0, 0.1) is 0 Å². The van der Waals surface area contributed by atoms with Crippen LogP contribution in [0.4, 0.5) is 5.69 Å². The van der Waals surface area contributed by atoms with E-state index >= 15 is 0 Å². The molecule has 0 aliphatic carbocycles. The van der Waals surface area contributed by atoms with Gasteiger partial charge in [-0.2, -0.15) is 5.10 Å². The summed E-state index contributed by atoms with van der Waals surface area (Å²) in [5, 5.41) is 5.33. The van der Waals surface area contributed by atoms with E-state index in [4.69, 9.17) is 9.47 Å². The summed E-state index contributed by atoms with van der Waals surface area (Å²) < 4.78 is 10.4. The van der Waals surface area contributed by atoms with E-state index in [9.17, 15) is 14.4 Å². The highest BCUT2D eigenvalue weighted by Crippen LogP contribution is 2.20. The number of Topliss-reactive ketones (excluding diaryl/α,β-unsaturated/α-hetero) is 1. The Kier molecular flexibility index (Phi) is 5.84. The average molecular weight is 380 g/mol. The topological polar surface area (TPSA) is 85.3 Å². The molecule has 0 saturated heterocycles. The fourth-order valence-corrected chi connectivity index (χ4v) is 2.74. The van der Waals surface area contributed by atoms with E-state index in [0.29, 0.717) is 17.0 Å². The maximum atomic E-state index is 12.5. The van der Waals surface area contributed by atoms with Crippen LogP contribution < -0.4 is 9.75 Å². The molecule has 7 heteroatoms. The van der Waals surface area contributed by atoms with Crippen molar-refractivity contribution < 1.29 is 23.9 Å². The SMILES string of the molecule is COc1ccc(C(=O)[C@H](C)OC(=O)C2=NN(c3ccccc3)C(=O)CC2)cc1. The fraction of sp³-hybridized carbons (Fsp3) is 0.238. The summed E-state index contributed by atoms with van der Waals surface area (Å²) in [5.41, 5.74) is 1.09. The molecule has 1 aliphatic heterocycles. The Bertz CT molecular complexity index is 906. The van der Waals surface area contributed by atoms with Crippen LogP contribution in [-0.4, -0.2) is 36.6 Å². The number of nitrogens with zero attached hydrogens (tertiary/aromatic N) is 2. The summed E-state index contributed by atoms with van der Waals surface area (Å²) in [4.78, 5) is 37.1. The van der Waals surface area contributed by atoms with E-state index in [1.165, 1.54) is 19.0 Å². The van der Waals surface area contributed by atoms with Gasteiger partial charge in [0.05, 0.1) is 12.8 Å². The molecule has 144 valence electrons. The van der Waals surface area contributed by atoms with Crippen molar-refractivity contribution in [3.63, 3.8) is 0 Å². The number of esters is 1. The summed E-state index contributed by atoms with van der Waals surface area (Å²) >= 11 is 0. The minimum Gasteiger partial charge on any atom is -0.497 e. The first-order valence-electron chi connectivity index (χ1n) is 8.84. The van der Waals surface area contributed by atoms with E-state index in [1.54, 1.807) is 48.5 Å². The molecule has 1 amide bonds. The summed E-state index contributed by atoms with van der Waals surface area (Å²) in [6, 6.07) is 15.4. The van der Waals surface area contributed by atoms with Gasteiger partial charge in [0, 0.05) is 18.4 Å². The number of amides is 1. The van der Waals surface area contributed by atoms with Crippen LogP contribution in [0.2, 0.25) is 0 Å². The van der Waals surface area contributed by atoms with Gasteiger partial charge in [-0.15, -0.1) is 0 Å². The highest BCUT2D eigenvalue weighted by Gasteiger charge is 2.28. The second-order valence-electron chi connectivity index (χ2n) is 6.23. The molecule has 0 N–H and O–H groups in total. The number of hydrazone groups is 1. The standard InChI is InChI=1S/C21H20N2O5/c1-14(20(25)15-8-10-17(27-2)11-9-15)28-21(26)18-12-13-19(24)23(22-18)16-6-4-3-5-7-16/h3-11,14H,12-13H2,1-2H3/t14-/m0/s1. The van der Waals surface area contributed by atoms with Gasteiger partial charge in [-0.25, -0.2) is 9.80 Å². The zero-order chi connectivity index (χ0) is 20.1. The zero-order valence-electron chi connectivity index (χ0n) is 15.6. The Morgan fingerprint density at radius 1 is 1.04 bits per heavy atom. The van der Waals surface area contributed by atoms with Gasteiger partial charge in [0.15, 0.2) is 6.10 Å². The third kappa shape index (κ3) is 4.25. The first-order chi connectivity index (χ1) is 13.5. The molecule has 0 fully saturated rings. The molecular weight excluding hydrogens is 360 g/mol. The van der Waals surface area contributed by atoms with Gasteiger partial charge in [0.2, 0.25) is 11.7 Å². The number of hydrogen-bond acceptors (Lipinski definition) is 6. The van der Waals surface area contributed by atoms with Crippen molar-refractivity contribution in [2.45, 2.75) is 25.9 Å². The highest BCUT2D eigenvalue weighted by molar-refractivity contribution is 6.38. The van der Waals surface area contributed by atoms with Crippen molar-refractivity contribution in [1.29, 1.82) is 0 Å². The quantitative estimate of drug-likeness (QED) is 0.568. The summed E-state index contributed by atoms with van der Waals surface area (Å²) in [6.07, 6.45) is -0.667. The predicted molar refractivity (Wildman–Crippen MR) is 103 cm³/mol. The van der Waals surface area contributed by atoms with Crippen LogP contribution in [-0.2, 0) is 14.3 Å². The molecule has 0 saturated carbocycles. The number of hydrogen-bond donors (Lipinski definition) is 0. The second-order valence-corrected chi connectivity index (χ2v) is 6.23. The Balaban J connectivity index is 1.70. The van der Waals surface area contributed by atoms with Gasteiger partial charge < -0.3 is 9.47 Å². The molecule has 0 bridgehead atoms. The fourth-order valence-electron chi connectivity index (χ4n) is 2.74. The van der Waals surface area contributed by atoms with Gasteiger partial charge in [-0.05, 0) is 43.3 Å². The predicted octanol–water partition coefficient (Wildman–Crippen LogP) is 2.99. The Morgan fingerprint density at radius 2 is 1.71 bits per heavy atom. The maximum absolute atomic E-state index is 12.5. The Labute approximate surface area is 162 Å². The van der Waals surface area contributed by atoms with Crippen molar-refractivity contribution >= 4 is 29.1 Å². The van der Waals surface area contributed by atoms with E-state index in [2.05, 4.69) is 5.10 Å². The Morgan fingerprint density at radius 3 is 2.36 bits per heavy atom. The molecule has 1 atom stereocenters. The molecule has 1 heterocycles. The summed E-state index contributed by atoms with van der Waals surface area (Å²) in [5.74, 6) is -0.611. The first kappa shape index (κ1) is 19.3. The monoisotopic (exact) mass is 380 g/mol. The third-order valence-corrected chi connectivity index (χ3v) is 4.30. The van der Waals surface area contributed by atoms with Gasteiger partial charge in [0.1, 0.15) is 11.5 Å². The van der Waals surface area contributed by atoms with Crippen LogP contribution in [0.5, 0.6) is 5.75 Å². The van der Waals surface area contributed by atoms with Gasteiger partial charge >= 0.3 is 5.97 Å². The van der Waals surface area contributed by atoms with Crippen LogP contribution in [0.3, 0.4) is 0 Å². The van der Waals surface area contributed by atoms with Crippen molar-refractivity contribution in [3.05, 3.63) is 60.2 Å². The van der Waals surface area contributed by atoms with Crippen molar-refractivity contribution in [2.75, 3.05) is 12.1 Å². The number of ketones is 1. The minimum atomic E-state index is -0.980. The van der Waals surface area contributed by atoms with Crippen molar-refractivity contribution in [3.8, 4) is 5.75 Å². The number of ether oxygens (including phenoxy) is 2. The minimum absolute atomic E-state index is 0.109. The average Bonchev–Trinajstić information content (AvgIpc) is 2.74. The van der Waals surface area contributed by atoms with Gasteiger partial charge in [-0.3, -0.25) is 9.59 Å². The number of carbonyl (C=O) groups is 3. The molecule has 2 aromatic rings. The molecule has 2 aromatic carbocycles. The highest BCUT2D eigenvalue weighted by atomic mass is 16.5. The van der Waals surface area contributed by atoms with Crippen LogP contribution in [0.1, 0.15) is 30.1 Å². The molecule has 28 heavy (non-hydrogen) atoms. The largest absolute Gasteiger partial charge is 0.497 e. The van der Waals surface area contributed by atoms with Gasteiger partial charge in [0.25, 0.3) is 0 Å². The molecule has 7 nitrogen and oxygen atoms in total. The molecular formula is C21H20N2O5. The third-order valence-electron chi connectivity index (χ3n) is 4.30. The number of anilines is 1. The molecule has 0 radical (unpaired) electrons. The normalized spacial score (nSPS) is 14.9. The molecule has 0 aromatic heterocycles. The summed E-state index contributed by atoms with van der Waals surface area (Å²) in [6.45, 7) is 1.51. The van der Waals surface area contributed by atoms with E-state index in [-0.39, 0.29) is 30.2 Å². The molecule has 3 rings (SSSR count). The Hall–Kier alpha value is -3.48. The lowest BCUT2D eigenvalue weighted by Gasteiger charge is -2.23. The lowest BCUT2D eigenvalue weighted by Crippen LogP contribution is -2.36. The number of carbonyl (C=O) groups excluding carboxylic acids is 3. The smallest absolute Gasteiger partial charge is 0.355 e. The van der Waals surface area contributed by atoms with Crippen LogP contribution in [0.15, 0.2) is 59.7 Å². The summed E-state index contributed by atoms with van der Waals surface area (Å²) in [7, 11) is 1.54. The number of para-hydroxylation sites is 1. The van der Waals surface area contributed by atoms with E-state index in [1.807, 2.05) is 6.07 Å². The molecule has 0 unspecified atom stereocenters. The molecule has 0 spiro atoms. The second kappa shape index (κ2) is 8.47. The first-order valence-corrected chi connectivity index (χ1v) is 8.84. The van der Waals surface area contributed by atoms with E-state index in [0.717, 1.165) is 0 Å². The van der Waals surface area contributed by atoms with Crippen LogP contribution in [0.25, 0.3) is 0 Å². The van der Waals surface area contributed by atoms with Crippen LogP contribution >= 0.6 is 0 Å². The number of benzene rings is 2. The number of rotatable bonds is 6. The lowest BCUT2D eigenvalue weighted by atomic mass is 10.1. The van der Waals surface area contributed by atoms with Gasteiger partial charge in [-0.1, -0.05) is 18.2 Å². The maximum Gasteiger partial charge on any atom is 0.355 e. The van der Waals surface area contributed by atoms with E-state index < -0.39 is 12.1 Å². The molecule has 1 aliphatic rings. The number of methoxy groups -OCH3 is 1.